The van der Waals surface area contributed by atoms with Crippen molar-refractivity contribution in [2.45, 2.75) is 51.0 Å². The maximum atomic E-state index is 13.1. The van der Waals surface area contributed by atoms with Crippen LogP contribution < -0.4 is 5.32 Å². The number of hydrogen-bond donors (Lipinski definition) is 1. The molecule has 0 aromatic heterocycles. The number of nitro benzene ring substituents is 1. The average Bonchev–Trinajstić information content (AvgIpc) is 3.25. The van der Waals surface area contributed by atoms with Gasteiger partial charge in [-0.25, -0.2) is 4.79 Å². The summed E-state index contributed by atoms with van der Waals surface area (Å²) in [6, 6.07) is 6.13. The molecule has 1 aromatic rings. The molecule has 1 fully saturated rings. The highest BCUT2D eigenvalue weighted by atomic mass is 16.6. The summed E-state index contributed by atoms with van der Waals surface area (Å²) < 4.78 is 11.1. The van der Waals surface area contributed by atoms with E-state index in [2.05, 4.69) is 5.32 Å². The number of nitro groups is 1. The summed E-state index contributed by atoms with van der Waals surface area (Å²) in [5.74, 6) is -1.26. The van der Waals surface area contributed by atoms with Gasteiger partial charge in [0.2, 0.25) is 0 Å². The monoisotopic (exact) mass is 412 g/mol. The lowest BCUT2D eigenvalue weighted by atomic mass is 9.75. The predicted molar refractivity (Wildman–Crippen MR) is 107 cm³/mol. The Labute approximate surface area is 174 Å². The highest BCUT2D eigenvalue weighted by molar-refractivity contribution is 6.03. The molecule has 8 heteroatoms. The lowest BCUT2D eigenvalue weighted by Gasteiger charge is -2.34. The number of benzene rings is 1. The van der Waals surface area contributed by atoms with E-state index in [4.69, 9.17) is 9.47 Å². The number of non-ortho nitro benzene ring substituents is 1. The number of esters is 1. The zero-order chi connectivity index (χ0) is 21.3. The summed E-state index contributed by atoms with van der Waals surface area (Å²) in [7, 11) is 0. The quantitative estimate of drug-likeness (QED) is 0.449. The molecule has 2 atom stereocenters. The van der Waals surface area contributed by atoms with Crippen LogP contribution in [-0.2, 0) is 19.1 Å². The van der Waals surface area contributed by atoms with Gasteiger partial charge in [-0.3, -0.25) is 14.9 Å². The molecule has 1 N–H and O–H groups in total. The Bertz CT molecular complexity index is 958. The average molecular weight is 412 g/mol. The summed E-state index contributed by atoms with van der Waals surface area (Å²) in [4.78, 5) is 36.8. The zero-order valence-corrected chi connectivity index (χ0v) is 16.8. The summed E-state index contributed by atoms with van der Waals surface area (Å²) in [5, 5.41) is 14.5. The number of rotatable bonds is 5. The Morgan fingerprint density at radius 2 is 2.17 bits per heavy atom. The fourth-order valence-corrected chi connectivity index (χ4v) is 4.43. The lowest BCUT2D eigenvalue weighted by molar-refractivity contribution is -0.384. The molecular formula is C22H24N2O6. The SMILES string of the molecule is CC1=C(C(=O)OC[C@@H]2CCCO2)[C@@H](c2cccc([N+](=O)[O-])c2)C2=C(CCCC2=O)N1. The van der Waals surface area contributed by atoms with Gasteiger partial charge in [0, 0.05) is 48.0 Å². The van der Waals surface area contributed by atoms with E-state index in [1.54, 1.807) is 19.1 Å². The van der Waals surface area contributed by atoms with Crippen LogP contribution in [0.4, 0.5) is 5.69 Å². The first-order valence-electron chi connectivity index (χ1n) is 10.2. The second-order valence-electron chi connectivity index (χ2n) is 7.85. The molecule has 1 saturated heterocycles. The van der Waals surface area contributed by atoms with E-state index >= 15 is 0 Å². The maximum absolute atomic E-state index is 13.1. The van der Waals surface area contributed by atoms with Crippen molar-refractivity contribution in [3.8, 4) is 0 Å². The molecule has 0 saturated carbocycles. The molecule has 1 aliphatic carbocycles. The number of allylic oxidation sites excluding steroid dienone is 3. The minimum absolute atomic E-state index is 0.0443. The van der Waals surface area contributed by atoms with Gasteiger partial charge in [-0.2, -0.15) is 0 Å². The van der Waals surface area contributed by atoms with Crippen LogP contribution >= 0.6 is 0 Å². The molecule has 3 aliphatic rings. The van der Waals surface area contributed by atoms with Crippen molar-refractivity contribution in [1.29, 1.82) is 0 Å². The van der Waals surface area contributed by atoms with Crippen LogP contribution in [0.3, 0.4) is 0 Å². The number of nitrogens with one attached hydrogen (secondary N) is 1. The van der Waals surface area contributed by atoms with Crippen LogP contribution in [-0.4, -0.2) is 36.0 Å². The molecule has 0 amide bonds. The number of nitrogens with zero attached hydrogens (tertiary/aromatic N) is 1. The van der Waals surface area contributed by atoms with E-state index in [-0.39, 0.29) is 24.2 Å². The smallest absolute Gasteiger partial charge is 0.336 e. The molecular weight excluding hydrogens is 388 g/mol. The maximum Gasteiger partial charge on any atom is 0.336 e. The van der Waals surface area contributed by atoms with Crippen molar-refractivity contribution in [1.82, 2.24) is 5.32 Å². The first-order valence-corrected chi connectivity index (χ1v) is 10.2. The summed E-state index contributed by atoms with van der Waals surface area (Å²) >= 11 is 0. The van der Waals surface area contributed by atoms with Gasteiger partial charge in [0.1, 0.15) is 6.61 Å². The Balaban J connectivity index is 1.72. The standard InChI is InChI=1S/C22H24N2O6/c1-13-19(22(26)30-12-16-7-4-10-29-16)20(14-5-2-6-15(11-14)24(27)28)21-17(23-13)8-3-9-18(21)25/h2,5-6,11,16,20,23H,3-4,7-10,12H2,1H3/t16-,20+/m0/s1. The summed E-state index contributed by atoms with van der Waals surface area (Å²) in [6.45, 7) is 2.58. The minimum atomic E-state index is -0.689. The molecule has 1 aromatic carbocycles. The van der Waals surface area contributed by atoms with E-state index < -0.39 is 16.8 Å². The predicted octanol–water partition coefficient (Wildman–Crippen LogP) is 3.28. The molecule has 2 heterocycles. The first-order chi connectivity index (χ1) is 14.5. The van der Waals surface area contributed by atoms with Crippen molar-refractivity contribution < 1.29 is 24.0 Å². The van der Waals surface area contributed by atoms with Gasteiger partial charge in [0.05, 0.1) is 16.6 Å². The molecule has 158 valence electrons. The second-order valence-corrected chi connectivity index (χ2v) is 7.85. The van der Waals surface area contributed by atoms with Gasteiger partial charge >= 0.3 is 5.97 Å². The van der Waals surface area contributed by atoms with E-state index in [9.17, 15) is 19.7 Å². The number of carbonyl (C=O) groups excluding carboxylic acids is 2. The first kappa shape index (κ1) is 20.3. The number of ketones is 1. The van der Waals surface area contributed by atoms with Gasteiger partial charge in [-0.15, -0.1) is 0 Å². The minimum Gasteiger partial charge on any atom is -0.459 e. The molecule has 0 radical (unpaired) electrons. The topological polar surface area (TPSA) is 108 Å². The number of dihydropyridines is 1. The molecule has 0 unspecified atom stereocenters. The van der Waals surface area contributed by atoms with E-state index in [1.807, 2.05) is 0 Å². The van der Waals surface area contributed by atoms with Crippen LogP contribution in [0.1, 0.15) is 50.5 Å². The van der Waals surface area contributed by atoms with Crippen molar-refractivity contribution in [2.75, 3.05) is 13.2 Å². The largest absolute Gasteiger partial charge is 0.459 e. The third kappa shape index (κ3) is 3.87. The number of hydrogen-bond acceptors (Lipinski definition) is 7. The van der Waals surface area contributed by atoms with Gasteiger partial charge in [0.25, 0.3) is 5.69 Å². The third-order valence-electron chi connectivity index (χ3n) is 5.83. The Morgan fingerprint density at radius 3 is 2.90 bits per heavy atom. The van der Waals surface area contributed by atoms with Crippen LogP contribution in [0, 0.1) is 10.1 Å². The number of carbonyl (C=O) groups is 2. The normalized spacial score (nSPS) is 23.8. The van der Waals surface area contributed by atoms with Crippen molar-refractivity contribution in [2.24, 2.45) is 0 Å². The highest BCUT2D eigenvalue weighted by Crippen LogP contribution is 2.43. The van der Waals surface area contributed by atoms with Crippen LogP contribution in [0.15, 0.2) is 46.8 Å². The third-order valence-corrected chi connectivity index (χ3v) is 5.83. The van der Waals surface area contributed by atoms with E-state index in [0.29, 0.717) is 41.9 Å². The van der Waals surface area contributed by atoms with Crippen molar-refractivity contribution in [3.63, 3.8) is 0 Å². The Morgan fingerprint density at radius 1 is 1.33 bits per heavy atom. The van der Waals surface area contributed by atoms with Crippen LogP contribution in [0.5, 0.6) is 0 Å². The molecule has 8 nitrogen and oxygen atoms in total. The van der Waals surface area contributed by atoms with E-state index in [0.717, 1.165) is 25.0 Å². The number of Topliss-reactive ketones (excluding diaryl/α,β-unsaturated/α-hetero) is 1. The lowest BCUT2D eigenvalue weighted by Crippen LogP contribution is -2.35. The van der Waals surface area contributed by atoms with Crippen LogP contribution in [0.25, 0.3) is 0 Å². The molecule has 30 heavy (non-hydrogen) atoms. The summed E-state index contributed by atoms with van der Waals surface area (Å²) in [6.07, 6.45) is 3.48. The van der Waals surface area contributed by atoms with Gasteiger partial charge < -0.3 is 14.8 Å². The molecule has 0 bridgehead atoms. The van der Waals surface area contributed by atoms with E-state index in [1.165, 1.54) is 12.1 Å². The van der Waals surface area contributed by atoms with Crippen molar-refractivity contribution in [3.05, 3.63) is 62.5 Å². The molecule has 0 spiro atoms. The Hall–Kier alpha value is -3.00. The fourth-order valence-electron chi connectivity index (χ4n) is 4.43. The number of ether oxygens (including phenoxy) is 2. The zero-order valence-electron chi connectivity index (χ0n) is 16.8. The van der Waals surface area contributed by atoms with Gasteiger partial charge in [-0.05, 0) is 38.2 Å². The highest BCUT2D eigenvalue weighted by Gasteiger charge is 2.39. The Kier molecular flexibility index (Phi) is 5.67. The van der Waals surface area contributed by atoms with Gasteiger partial charge in [0.15, 0.2) is 5.78 Å². The fraction of sp³-hybridized carbons (Fsp3) is 0.455. The second kappa shape index (κ2) is 8.39. The van der Waals surface area contributed by atoms with Crippen LogP contribution in [0.2, 0.25) is 0 Å². The van der Waals surface area contributed by atoms with Crippen molar-refractivity contribution >= 4 is 17.4 Å². The molecule has 4 rings (SSSR count). The van der Waals surface area contributed by atoms with Gasteiger partial charge in [-0.1, -0.05) is 12.1 Å². The summed E-state index contributed by atoms with van der Waals surface area (Å²) in [5.41, 5.74) is 2.69. The molecule has 2 aliphatic heterocycles.